The van der Waals surface area contributed by atoms with Crippen molar-refractivity contribution in [2.45, 2.75) is 6.42 Å². The van der Waals surface area contributed by atoms with Crippen molar-refractivity contribution < 1.29 is 40.0 Å². The van der Waals surface area contributed by atoms with Crippen LogP contribution in [0.25, 0.3) is 0 Å². The topological polar surface area (TPSA) is 167 Å². The third-order valence-corrected chi connectivity index (χ3v) is 2.59. The summed E-state index contributed by atoms with van der Waals surface area (Å²) in [5.41, 5.74) is 6.56. The zero-order valence-corrected chi connectivity index (χ0v) is 11.7. The second-order valence-corrected chi connectivity index (χ2v) is 4.30. The van der Waals surface area contributed by atoms with Crippen molar-refractivity contribution in [1.82, 2.24) is 0 Å². The number of carbonyl (C=O) groups is 2. The van der Waals surface area contributed by atoms with Crippen LogP contribution in [0.2, 0.25) is 0 Å². The highest BCUT2D eigenvalue weighted by Crippen LogP contribution is 2.30. The van der Waals surface area contributed by atoms with Crippen molar-refractivity contribution in [3.63, 3.8) is 0 Å². The van der Waals surface area contributed by atoms with E-state index in [1.165, 1.54) is 5.56 Å². The van der Waals surface area contributed by atoms with Gasteiger partial charge in [-0.15, -0.1) is 0 Å². The van der Waals surface area contributed by atoms with Gasteiger partial charge in [-0.25, -0.2) is 16.5 Å². The predicted octanol–water partition coefficient (Wildman–Crippen LogP) is -5.88. The molecular formula is C13H17N3O6. The lowest BCUT2D eigenvalue weighted by Gasteiger charge is -2.18. The van der Waals surface area contributed by atoms with Crippen molar-refractivity contribution in [3.05, 3.63) is 23.8 Å². The zero-order chi connectivity index (χ0) is 16.5. The van der Waals surface area contributed by atoms with Crippen LogP contribution in [0.15, 0.2) is 18.2 Å². The molecule has 9 nitrogen and oxygen atoms in total. The highest BCUT2D eigenvalue weighted by molar-refractivity contribution is 6.25. The summed E-state index contributed by atoms with van der Waals surface area (Å²) in [6.45, 7) is 2.08. The number of carboxylic acid groups (broad SMARTS) is 2. The van der Waals surface area contributed by atoms with E-state index >= 15 is 0 Å². The fourth-order valence-corrected chi connectivity index (χ4v) is 1.65. The summed E-state index contributed by atoms with van der Waals surface area (Å²) in [6, 6.07) is 5.99. The molecule has 0 saturated heterocycles. The standard InChI is InChI=1S/C11H15N3O2.C2H2O4/c12-11(13)14-4-3-8-1-2-9-10(7-8)16-6-5-15-9;3-1(4)2(5)6/h1-2,7H,3-6H2,(H4,12,13,14);(H,3,4)(H,5,6). The molecule has 1 aromatic rings. The van der Waals surface area contributed by atoms with Crippen LogP contribution in [-0.4, -0.2) is 37.7 Å². The summed E-state index contributed by atoms with van der Waals surface area (Å²) < 4.78 is 10.9. The molecule has 22 heavy (non-hydrogen) atoms. The molecule has 0 atom stereocenters. The van der Waals surface area contributed by atoms with E-state index < -0.39 is 11.9 Å². The van der Waals surface area contributed by atoms with Gasteiger partial charge >= 0.3 is 5.96 Å². The highest BCUT2D eigenvalue weighted by Gasteiger charge is 2.11. The van der Waals surface area contributed by atoms with Gasteiger partial charge in [-0.3, -0.25) is 0 Å². The van der Waals surface area contributed by atoms with Gasteiger partial charge in [0, 0.05) is 6.42 Å². The first-order chi connectivity index (χ1) is 10.4. The molecule has 1 aliphatic heterocycles. The fourth-order valence-electron chi connectivity index (χ4n) is 1.65. The van der Waals surface area contributed by atoms with E-state index in [9.17, 15) is 0 Å². The Hall–Kier alpha value is -2.81. The Balaban J connectivity index is 0.000000346. The number of quaternary nitrogens is 1. The molecule has 0 aromatic heterocycles. The van der Waals surface area contributed by atoms with E-state index in [0.717, 1.165) is 24.5 Å². The molecule has 0 unspecified atom stereocenters. The first-order valence-corrected chi connectivity index (χ1v) is 6.42. The molecule has 0 saturated carbocycles. The number of hydrogen-bond acceptors (Lipinski definition) is 6. The van der Waals surface area contributed by atoms with Gasteiger partial charge in [-0.2, -0.15) is 0 Å². The number of guanidine groups is 1. The predicted molar refractivity (Wildman–Crippen MR) is 69.1 cm³/mol. The molecule has 120 valence electrons. The lowest BCUT2D eigenvalue weighted by Crippen LogP contribution is -2.97. The van der Waals surface area contributed by atoms with Crippen molar-refractivity contribution in [3.8, 4) is 11.5 Å². The van der Waals surface area contributed by atoms with Gasteiger partial charge in [-0.1, -0.05) is 6.07 Å². The normalized spacial score (nSPS) is 11.8. The minimum Gasteiger partial charge on any atom is -0.543 e. The van der Waals surface area contributed by atoms with E-state index in [0.29, 0.717) is 19.2 Å². The lowest BCUT2D eigenvalue weighted by atomic mass is 10.1. The lowest BCUT2D eigenvalue weighted by molar-refractivity contribution is -0.567. The van der Waals surface area contributed by atoms with Crippen molar-refractivity contribution in [1.29, 1.82) is 0 Å². The van der Waals surface area contributed by atoms with Crippen LogP contribution >= 0.6 is 0 Å². The number of nitrogens with two attached hydrogens (primary N) is 3. The molecule has 1 aromatic carbocycles. The van der Waals surface area contributed by atoms with E-state index in [1.54, 1.807) is 0 Å². The SMILES string of the molecule is NC(=[NH2+])[NH2+]CCc1ccc2c(c1)OCCO2.O=C([O-])C(=O)[O-]. The second-order valence-electron chi connectivity index (χ2n) is 4.30. The minimum atomic E-state index is -2.19. The number of aliphatic carboxylic acids is 2. The Morgan fingerprint density at radius 3 is 2.32 bits per heavy atom. The third kappa shape index (κ3) is 6.09. The van der Waals surface area contributed by atoms with Crippen LogP contribution in [0, 0.1) is 0 Å². The molecule has 0 radical (unpaired) electrons. The van der Waals surface area contributed by atoms with Gasteiger partial charge in [0.05, 0.1) is 18.5 Å². The zero-order valence-electron chi connectivity index (χ0n) is 11.7. The largest absolute Gasteiger partial charge is 0.543 e. The maximum Gasteiger partial charge on any atom is 0.434 e. The van der Waals surface area contributed by atoms with Gasteiger partial charge in [-0.05, 0) is 17.7 Å². The first-order valence-electron chi connectivity index (χ1n) is 6.42. The van der Waals surface area contributed by atoms with Gasteiger partial charge in [0.15, 0.2) is 11.5 Å². The molecule has 0 aliphatic carbocycles. The maximum atomic E-state index is 8.93. The summed E-state index contributed by atoms with van der Waals surface area (Å²) in [7, 11) is 0. The number of fused-ring (bicyclic) bond motifs is 1. The Kier molecular flexibility index (Phi) is 6.64. The van der Waals surface area contributed by atoms with Crippen LogP contribution in [0.1, 0.15) is 5.56 Å². The molecule has 0 fully saturated rings. The van der Waals surface area contributed by atoms with Crippen molar-refractivity contribution >= 4 is 17.9 Å². The van der Waals surface area contributed by atoms with Gasteiger partial charge in [0.25, 0.3) is 0 Å². The number of hydrogen-bond donors (Lipinski definition) is 3. The van der Waals surface area contributed by atoms with Crippen LogP contribution in [0.5, 0.6) is 11.5 Å². The molecule has 1 aliphatic rings. The summed E-state index contributed by atoms with van der Waals surface area (Å²) >= 11 is 0. The third-order valence-electron chi connectivity index (χ3n) is 2.59. The molecule has 2 rings (SSSR count). The van der Waals surface area contributed by atoms with E-state index in [1.807, 2.05) is 23.5 Å². The van der Waals surface area contributed by atoms with Crippen molar-refractivity contribution in [2.24, 2.45) is 5.73 Å². The second kappa shape index (κ2) is 8.47. The number of rotatable bonds is 3. The Labute approximate surface area is 126 Å². The summed E-state index contributed by atoms with van der Waals surface area (Å²) in [6.07, 6.45) is 0.897. The van der Waals surface area contributed by atoms with Crippen LogP contribution in [-0.2, 0) is 16.0 Å². The molecular weight excluding hydrogens is 294 g/mol. The average molecular weight is 311 g/mol. The number of carbonyl (C=O) groups excluding carboxylic acids is 2. The smallest absolute Gasteiger partial charge is 0.434 e. The van der Waals surface area contributed by atoms with Crippen LogP contribution in [0.3, 0.4) is 0 Å². The Bertz CT molecular complexity index is 549. The minimum absolute atomic E-state index is 0.373. The Morgan fingerprint density at radius 1 is 1.18 bits per heavy atom. The molecule has 0 amide bonds. The van der Waals surface area contributed by atoms with Crippen molar-refractivity contribution in [2.75, 3.05) is 19.8 Å². The molecule has 0 spiro atoms. The quantitative estimate of drug-likeness (QED) is 0.284. The van der Waals surface area contributed by atoms with Gasteiger partial charge < -0.3 is 29.3 Å². The molecule has 6 N–H and O–H groups in total. The van der Waals surface area contributed by atoms with E-state index in [2.05, 4.69) is 0 Å². The van der Waals surface area contributed by atoms with Crippen LogP contribution in [0.4, 0.5) is 0 Å². The van der Waals surface area contributed by atoms with Gasteiger partial charge in [0.2, 0.25) is 0 Å². The van der Waals surface area contributed by atoms with Gasteiger partial charge in [0.1, 0.15) is 13.2 Å². The number of carboxylic acids is 2. The van der Waals surface area contributed by atoms with E-state index in [4.69, 9.17) is 40.4 Å². The van der Waals surface area contributed by atoms with E-state index in [-0.39, 0.29) is 0 Å². The summed E-state index contributed by atoms with van der Waals surface area (Å²) in [4.78, 5) is 17.9. The van der Waals surface area contributed by atoms with Crippen LogP contribution < -0.4 is 36.1 Å². The molecule has 9 heteroatoms. The average Bonchev–Trinajstić information content (AvgIpc) is 2.47. The highest BCUT2D eigenvalue weighted by atomic mass is 16.6. The number of benzene rings is 1. The summed E-state index contributed by atoms with van der Waals surface area (Å²) in [5.74, 6) is -2.35. The first kappa shape index (κ1) is 17.2. The Morgan fingerprint density at radius 2 is 1.77 bits per heavy atom. The number of ether oxygens (including phenoxy) is 2. The monoisotopic (exact) mass is 311 g/mol. The summed E-state index contributed by atoms with van der Waals surface area (Å²) in [5, 5.41) is 25.0. The molecule has 0 bridgehead atoms. The molecule has 1 heterocycles. The maximum absolute atomic E-state index is 8.93. The fraction of sp³-hybridized carbons (Fsp3) is 0.308.